The topological polar surface area (TPSA) is 104 Å². The standard InChI is InChI=1S/C41H51NO6S/c1-29-9-7-22-40(2)38(21-23-41(40,45)28-42(49(3,46)47)27-35-12-8-24-48-35)36-20-14-30(25-34(43)19-13-29)26-37(36)39(44)33-17-15-32(16-18-33)31-10-5-4-6-11-31/h4-6,9-11,14-18,20,26,34-35,38,43,45H,7-8,12-13,19,21-25,27-28H2,1-3H3. The normalized spacial score (nSPS) is 27.9. The van der Waals surface area contributed by atoms with Crippen LogP contribution in [0.25, 0.3) is 11.1 Å². The number of carbonyl (C=O) groups is 1. The lowest BCUT2D eigenvalue weighted by atomic mass is 9.64. The van der Waals surface area contributed by atoms with Crippen LogP contribution in [0.5, 0.6) is 0 Å². The number of hydrogen-bond donors (Lipinski definition) is 2. The number of sulfonamides is 1. The molecule has 1 saturated carbocycles. The van der Waals surface area contributed by atoms with Crippen LogP contribution >= 0.6 is 0 Å². The largest absolute Gasteiger partial charge is 0.393 e. The summed E-state index contributed by atoms with van der Waals surface area (Å²) in [5, 5.41) is 23.7. The summed E-state index contributed by atoms with van der Waals surface area (Å²) in [6.07, 6.45) is 8.56. The van der Waals surface area contributed by atoms with Gasteiger partial charge in [-0.05, 0) is 98.9 Å². The van der Waals surface area contributed by atoms with E-state index in [1.807, 2.05) is 72.8 Å². The van der Waals surface area contributed by atoms with Crippen molar-refractivity contribution in [3.63, 3.8) is 0 Å². The van der Waals surface area contributed by atoms with Gasteiger partial charge in [0.25, 0.3) is 0 Å². The van der Waals surface area contributed by atoms with Crippen molar-refractivity contribution < 1.29 is 28.2 Å². The van der Waals surface area contributed by atoms with Gasteiger partial charge in [-0.25, -0.2) is 8.42 Å². The number of nitrogens with zero attached hydrogens (tertiary/aromatic N) is 1. The Labute approximate surface area is 292 Å². The average Bonchev–Trinajstić information content (AvgIpc) is 3.68. The molecule has 5 unspecified atom stereocenters. The van der Waals surface area contributed by atoms with E-state index in [-0.39, 0.29) is 30.9 Å². The third-order valence-corrected chi connectivity index (χ3v) is 12.7. The summed E-state index contributed by atoms with van der Waals surface area (Å²) in [6.45, 7) is 5.00. The summed E-state index contributed by atoms with van der Waals surface area (Å²) >= 11 is 0. The van der Waals surface area contributed by atoms with Crippen molar-refractivity contribution in [1.82, 2.24) is 4.31 Å². The highest BCUT2D eigenvalue weighted by atomic mass is 32.2. The highest BCUT2D eigenvalue weighted by Gasteiger charge is 2.58. The van der Waals surface area contributed by atoms with Crippen LogP contribution in [0.2, 0.25) is 0 Å². The zero-order valence-electron chi connectivity index (χ0n) is 29.1. The molecular formula is C41H51NO6S. The number of ketones is 1. The van der Waals surface area contributed by atoms with Gasteiger partial charge in [0.1, 0.15) is 0 Å². The van der Waals surface area contributed by atoms with E-state index in [9.17, 15) is 23.4 Å². The van der Waals surface area contributed by atoms with Crippen molar-refractivity contribution in [2.45, 2.75) is 95.4 Å². The first-order valence-corrected chi connectivity index (χ1v) is 19.7. The molecule has 3 aliphatic carbocycles. The molecule has 0 amide bonds. The first kappa shape index (κ1) is 35.7. The molecule has 7 rings (SSSR count). The zero-order valence-corrected chi connectivity index (χ0v) is 29.9. The van der Waals surface area contributed by atoms with E-state index in [2.05, 4.69) is 19.9 Å². The predicted octanol–water partition coefficient (Wildman–Crippen LogP) is 7.06. The molecule has 8 heteroatoms. The monoisotopic (exact) mass is 685 g/mol. The van der Waals surface area contributed by atoms with Crippen LogP contribution in [-0.2, 0) is 21.2 Å². The number of allylic oxidation sites excluding steroid dienone is 2. The van der Waals surface area contributed by atoms with Crippen LogP contribution in [0.4, 0.5) is 0 Å². The van der Waals surface area contributed by atoms with Crippen molar-refractivity contribution in [3.8, 4) is 11.1 Å². The van der Waals surface area contributed by atoms with Gasteiger partial charge in [-0.15, -0.1) is 0 Å². The van der Waals surface area contributed by atoms with Gasteiger partial charge < -0.3 is 14.9 Å². The maximum absolute atomic E-state index is 14.5. The molecule has 262 valence electrons. The lowest BCUT2D eigenvalue weighted by Gasteiger charge is -2.46. The lowest BCUT2D eigenvalue weighted by Crippen LogP contribution is -2.54. The van der Waals surface area contributed by atoms with Crippen LogP contribution in [0.1, 0.15) is 98.2 Å². The van der Waals surface area contributed by atoms with Crippen LogP contribution in [0, 0.1) is 5.41 Å². The van der Waals surface area contributed by atoms with Crippen molar-refractivity contribution in [2.24, 2.45) is 5.41 Å². The van der Waals surface area contributed by atoms with E-state index in [1.54, 1.807) is 0 Å². The van der Waals surface area contributed by atoms with Gasteiger partial charge in [0.2, 0.25) is 10.0 Å². The van der Waals surface area contributed by atoms with Crippen molar-refractivity contribution >= 4 is 15.8 Å². The second-order valence-corrected chi connectivity index (χ2v) is 16.9. The maximum atomic E-state index is 14.5. The first-order valence-electron chi connectivity index (χ1n) is 17.8. The van der Waals surface area contributed by atoms with E-state index < -0.39 is 27.1 Å². The quantitative estimate of drug-likeness (QED) is 0.194. The highest BCUT2D eigenvalue weighted by molar-refractivity contribution is 7.88. The maximum Gasteiger partial charge on any atom is 0.211 e. The molecule has 1 heterocycles. The molecule has 0 aromatic heterocycles. The third-order valence-electron chi connectivity index (χ3n) is 11.5. The van der Waals surface area contributed by atoms with Gasteiger partial charge in [-0.1, -0.05) is 85.3 Å². The van der Waals surface area contributed by atoms with E-state index in [4.69, 9.17) is 4.74 Å². The van der Waals surface area contributed by atoms with Crippen molar-refractivity contribution in [1.29, 1.82) is 0 Å². The number of benzene rings is 3. The molecule has 3 aromatic carbocycles. The fraction of sp³-hybridized carbons (Fsp3) is 0.488. The van der Waals surface area contributed by atoms with Crippen LogP contribution in [0.3, 0.4) is 0 Å². The molecule has 1 saturated heterocycles. The summed E-state index contributed by atoms with van der Waals surface area (Å²) in [6, 6.07) is 23.7. The second-order valence-electron chi connectivity index (χ2n) is 14.9. The molecule has 3 aromatic rings. The van der Waals surface area contributed by atoms with Gasteiger partial charge in [0.05, 0.1) is 24.1 Å². The molecule has 2 N–H and O–H groups in total. The molecule has 1 aliphatic heterocycles. The summed E-state index contributed by atoms with van der Waals surface area (Å²) in [7, 11) is -3.63. The summed E-state index contributed by atoms with van der Waals surface area (Å²) in [5.41, 5.74) is 4.16. The molecule has 5 atom stereocenters. The summed E-state index contributed by atoms with van der Waals surface area (Å²) in [4.78, 5) is 14.5. The molecular weight excluding hydrogens is 635 g/mol. The fourth-order valence-electron chi connectivity index (χ4n) is 8.42. The fourth-order valence-corrected chi connectivity index (χ4v) is 9.31. The Balaban J connectivity index is 1.41. The molecule has 7 nitrogen and oxygen atoms in total. The third kappa shape index (κ3) is 7.79. The van der Waals surface area contributed by atoms with Crippen LogP contribution < -0.4 is 0 Å². The Morgan fingerprint density at radius 3 is 2.41 bits per heavy atom. The number of carbonyl (C=O) groups excluding carboxylic acids is 1. The van der Waals surface area contributed by atoms with E-state index in [1.165, 1.54) is 16.1 Å². The van der Waals surface area contributed by atoms with Gasteiger partial charge >= 0.3 is 0 Å². The average molecular weight is 686 g/mol. The Bertz CT molecular complexity index is 1770. The SMILES string of the molecule is CC1=CCCC2(C)C(CCC2(O)CN(CC2CCCO2)S(C)(=O)=O)c2ccc(cc2C(=O)c2ccc(-c3ccccc3)cc2)CC(O)CC1. The van der Waals surface area contributed by atoms with E-state index >= 15 is 0 Å². The van der Waals surface area contributed by atoms with Gasteiger partial charge in [0, 0.05) is 36.2 Å². The number of aliphatic hydroxyl groups is 2. The smallest absolute Gasteiger partial charge is 0.211 e. The minimum atomic E-state index is -3.63. The highest BCUT2D eigenvalue weighted by Crippen LogP contribution is 2.59. The summed E-state index contributed by atoms with van der Waals surface area (Å²) in [5.74, 6) is -0.289. The number of ether oxygens (including phenoxy) is 1. The van der Waals surface area contributed by atoms with Crippen molar-refractivity contribution in [2.75, 3.05) is 26.0 Å². The van der Waals surface area contributed by atoms with Crippen LogP contribution in [0.15, 0.2) is 84.4 Å². The Morgan fingerprint density at radius 2 is 1.71 bits per heavy atom. The molecule has 0 spiro atoms. The zero-order chi connectivity index (χ0) is 34.8. The molecule has 49 heavy (non-hydrogen) atoms. The Morgan fingerprint density at radius 1 is 0.980 bits per heavy atom. The minimum absolute atomic E-state index is 0.0180. The van der Waals surface area contributed by atoms with Gasteiger partial charge in [-0.3, -0.25) is 4.79 Å². The number of rotatable bonds is 8. The lowest BCUT2D eigenvalue weighted by molar-refractivity contribution is -0.0753. The molecule has 2 fully saturated rings. The van der Waals surface area contributed by atoms with Crippen LogP contribution in [-0.4, -0.2) is 72.5 Å². The second kappa shape index (κ2) is 14.6. The molecule has 4 aliphatic rings. The Hall–Kier alpha value is -3.14. The number of aliphatic hydroxyl groups excluding tert-OH is 1. The first-order chi connectivity index (χ1) is 23.4. The van der Waals surface area contributed by atoms with Crippen molar-refractivity contribution in [3.05, 3.63) is 107 Å². The van der Waals surface area contributed by atoms with Gasteiger partial charge in [0.15, 0.2) is 5.78 Å². The number of hydrogen-bond acceptors (Lipinski definition) is 6. The molecule has 2 bridgehead atoms. The Kier molecular flexibility index (Phi) is 10.6. The van der Waals surface area contributed by atoms with Gasteiger partial charge in [-0.2, -0.15) is 4.31 Å². The molecule has 0 radical (unpaired) electrons. The minimum Gasteiger partial charge on any atom is -0.393 e. The van der Waals surface area contributed by atoms with E-state index in [0.29, 0.717) is 56.3 Å². The number of fused-ring (bicyclic) bond motifs is 8. The summed E-state index contributed by atoms with van der Waals surface area (Å²) < 4.78 is 33.6. The predicted molar refractivity (Wildman–Crippen MR) is 194 cm³/mol. The van der Waals surface area contributed by atoms with E-state index in [0.717, 1.165) is 41.5 Å².